The molecule has 0 radical (unpaired) electrons. The molecule has 0 N–H and O–H groups in total. The number of benzene rings is 2. The topological polar surface area (TPSA) is 35.5 Å². The zero-order chi connectivity index (χ0) is 17.9. The number of halogens is 1. The molecule has 0 aliphatic heterocycles. The molecular formula is C20H21FO3. The van der Waals surface area contributed by atoms with Crippen LogP contribution >= 0.6 is 0 Å². The van der Waals surface area contributed by atoms with Crippen LogP contribution in [0.3, 0.4) is 0 Å². The van der Waals surface area contributed by atoms with Crippen LogP contribution in [0.15, 0.2) is 42.0 Å². The summed E-state index contributed by atoms with van der Waals surface area (Å²) >= 11 is 0. The first-order valence-electron chi connectivity index (χ1n) is 7.59. The first-order chi connectivity index (χ1) is 11.4. The molecule has 0 saturated carbocycles. The van der Waals surface area contributed by atoms with Crippen LogP contribution in [0.1, 0.15) is 36.7 Å². The second-order valence-electron chi connectivity index (χ2n) is 5.72. The molecule has 0 aliphatic carbocycles. The average Bonchev–Trinajstić information content (AvgIpc) is 2.60. The van der Waals surface area contributed by atoms with Crippen molar-refractivity contribution >= 4 is 11.5 Å². The highest BCUT2D eigenvalue weighted by atomic mass is 19.1. The van der Waals surface area contributed by atoms with Gasteiger partial charge in [0.05, 0.1) is 19.8 Å². The highest BCUT2D eigenvalue weighted by Gasteiger charge is 2.16. The van der Waals surface area contributed by atoms with Gasteiger partial charge in [0, 0.05) is 5.56 Å². The number of hydrogen-bond donors (Lipinski definition) is 0. The lowest BCUT2D eigenvalue weighted by atomic mass is 9.91. The van der Waals surface area contributed by atoms with Crippen LogP contribution in [0.2, 0.25) is 0 Å². The molecule has 0 aliphatic rings. The lowest BCUT2D eigenvalue weighted by Gasteiger charge is -2.15. The molecule has 126 valence electrons. The van der Waals surface area contributed by atoms with E-state index in [2.05, 4.69) is 0 Å². The van der Waals surface area contributed by atoms with Crippen LogP contribution < -0.4 is 4.74 Å². The van der Waals surface area contributed by atoms with Gasteiger partial charge in [-0.2, -0.15) is 0 Å². The summed E-state index contributed by atoms with van der Waals surface area (Å²) in [7, 11) is 2.88. The summed E-state index contributed by atoms with van der Waals surface area (Å²) in [5.41, 5.74) is 4.43. The minimum absolute atomic E-state index is 0.343. The summed E-state index contributed by atoms with van der Waals surface area (Å²) in [5.74, 6) is -0.191. The van der Waals surface area contributed by atoms with Gasteiger partial charge in [-0.05, 0) is 67.8 Å². The Labute approximate surface area is 141 Å². The van der Waals surface area contributed by atoms with Crippen LogP contribution in [0.5, 0.6) is 5.75 Å². The highest BCUT2D eigenvalue weighted by molar-refractivity contribution is 5.93. The van der Waals surface area contributed by atoms with Crippen molar-refractivity contribution in [3.05, 3.63) is 58.9 Å². The van der Waals surface area contributed by atoms with Gasteiger partial charge in [0.2, 0.25) is 0 Å². The Kier molecular flexibility index (Phi) is 5.39. The fraction of sp³-hybridized carbons (Fsp3) is 0.250. The van der Waals surface area contributed by atoms with Gasteiger partial charge in [0.15, 0.2) is 0 Å². The minimum atomic E-state index is -0.421. The number of ether oxygens (including phenoxy) is 2. The maximum absolute atomic E-state index is 14.4. The van der Waals surface area contributed by atoms with Gasteiger partial charge in [0.1, 0.15) is 11.6 Å². The highest BCUT2D eigenvalue weighted by Crippen LogP contribution is 2.34. The molecule has 0 fully saturated rings. The smallest absolute Gasteiger partial charge is 0.337 e. The van der Waals surface area contributed by atoms with Gasteiger partial charge in [-0.1, -0.05) is 11.6 Å². The third kappa shape index (κ3) is 3.48. The van der Waals surface area contributed by atoms with Crippen LogP contribution in [-0.2, 0) is 4.74 Å². The van der Waals surface area contributed by atoms with E-state index in [1.54, 1.807) is 37.4 Å². The van der Waals surface area contributed by atoms with Crippen LogP contribution in [0.25, 0.3) is 16.7 Å². The number of carbonyl (C=O) groups is 1. The van der Waals surface area contributed by atoms with Crippen LogP contribution in [0, 0.1) is 5.82 Å². The van der Waals surface area contributed by atoms with Gasteiger partial charge in [0.25, 0.3) is 0 Å². The lowest BCUT2D eigenvalue weighted by Crippen LogP contribution is -2.03. The van der Waals surface area contributed by atoms with Crippen LogP contribution in [0.4, 0.5) is 4.39 Å². The van der Waals surface area contributed by atoms with E-state index < -0.39 is 5.97 Å². The first-order valence-corrected chi connectivity index (χ1v) is 7.59. The number of carbonyl (C=O) groups excluding carboxylic acids is 1. The molecule has 0 unspecified atom stereocenters. The van der Waals surface area contributed by atoms with Crippen molar-refractivity contribution in [2.75, 3.05) is 14.2 Å². The number of methoxy groups -OCH3 is 2. The summed E-state index contributed by atoms with van der Waals surface area (Å²) < 4.78 is 24.4. The summed E-state index contributed by atoms with van der Waals surface area (Å²) in [4.78, 5) is 11.8. The van der Waals surface area contributed by atoms with Crippen molar-refractivity contribution in [2.45, 2.75) is 20.8 Å². The predicted octanol–water partition coefficient (Wildman–Crippen LogP) is 5.10. The number of rotatable bonds is 4. The Morgan fingerprint density at radius 2 is 1.67 bits per heavy atom. The first kappa shape index (κ1) is 17.7. The fourth-order valence-corrected chi connectivity index (χ4v) is 2.44. The molecule has 4 heteroatoms. The molecule has 2 aromatic rings. The summed E-state index contributed by atoms with van der Waals surface area (Å²) in [5, 5.41) is 0. The predicted molar refractivity (Wildman–Crippen MR) is 93.7 cm³/mol. The van der Waals surface area contributed by atoms with Crippen molar-refractivity contribution in [1.82, 2.24) is 0 Å². The van der Waals surface area contributed by atoms with E-state index >= 15 is 0 Å². The number of allylic oxidation sites excluding steroid dienone is 2. The monoisotopic (exact) mass is 328 g/mol. The maximum atomic E-state index is 14.4. The van der Waals surface area contributed by atoms with E-state index in [0.29, 0.717) is 22.4 Å². The van der Waals surface area contributed by atoms with E-state index in [0.717, 1.165) is 16.7 Å². The standard InChI is InChI=1S/C20H21FO3/c1-12(2)13(3)17-10-14(20(22)24-5)6-8-16(17)18-11-15(23-4)7-9-19(18)21/h6-11H,1-5H3. The molecule has 0 bridgehead atoms. The Hall–Kier alpha value is -2.62. The van der Waals surface area contributed by atoms with E-state index in [-0.39, 0.29) is 5.82 Å². The van der Waals surface area contributed by atoms with Gasteiger partial charge >= 0.3 is 5.97 Å². The molecule has 0 atom stereocenters. The van der Waals surface area contributed by atoms with Gasteiger partial charge in [-0.3, -0.25) is 0 Å². The fourth-order valence-electron chi connectivity index (χ4n) is 2.44. The maximum Gasteiger partial charge on any atom is 0.337 e. The number of esters is 1. The zero-order valence-electron chi connectivity index (χ0n) is 14.6. The van der Waals surface area contributed by atoms with Gasteiger partial charge in [-0.15, -0.1) is 0 Å². The molecule has 0 heterocycles. The molecule has 3 nitrogen and oxygen atoms in total. The molecule has 0 spiro atoms. The summed E-state index contributed by atoms with van der Waals surface area (Å²) in [6.45, 7) is 5.91. The van der Waals surface area contributed by atoms with Crippen molar-refractivity contribution in [2.24, 2.45) is 0 Å². The molecule has 2 rings (SSSR count). The van der Waals surface area contributed by atoms with Crippen molar-refractivity contribution in [3.8, 4) is 16.9 Å². The summed E-state index contributed by atoms with van der Waals surface area (Å²) in [6.07, 6.45) is 0. The van der Waals surface area contributed by atoms with E-state index in [1.807, 2.05) is 20.8 Å². The second-order valence-corrected chi connectivity index (χ2v) is 5.72. The van der Waals surface area contributed by atoms with Crippen molar-refractivity contribution in [1.29, 1.82) is 0 Å². The lowest BCUT2D eigenvalue weighted by molar-refractivity contribution is 0.0600. The van der Waals surface area contributed by atoms with Crippen molar-refractivity contribution < 1.29 is 18.7 Å². The van der Waals surface area contributed by atoms with Gasteiger partial charge in [-0.25, -0.2) is 9.18 Å². The van der Waals surface area contributed by atoms with E-state index in [9.17, 15) is 9.18 Å². The second kappa shape index (κ2) is 7.30. The summed E-state index contributed by atoms with van der Waals surface area (Å²) in [6, 6.07) is 9.74. The molecular weight excluding hydrogens is 307 g/mol. The zero-order valence-corrected chi connectivity index (χ0v) is 14.6. The quantitative estimate of drug-likeness (QED) is 0.732. The molecule has 2 aromatic carbocycles. The Morgan fingerprint density at radius 1 is 0.958 bits per heavy atom. The Balaban J connectivity index is 2.74. The Morgan fingerprint density at radius 3 is 2.25 bits per heavy atom. The SMILES string of the molecule is COC(=O)c1ccc(-c2cc(OC)ccc2F)c(C(C)=C(C)C)c1. The Bertz CT molecular complexity index is 803. The molecule has 24 heavy (non-hydrogen) atoms. The molecule has 0 amide bonds. The normalized spacial score (nSPS) is 10.2. The average molecular weight is 328 g/mol. The van der Waals surface area contributed by atoms with E-state index in [1.165, 1.54) is 13.2 Å². The molecule has 0 saturated heterocycles. The third-order valence-electron chi connectivity index (χ3n) is 4.06. The van der Waals surface area contributed by atoms with E-state index in [4.69, 9.17) is 9.47 Å². The largest absolute Gasteiger partial charge is 0.497 e. The third-order valence-corrected chi connectivity index (χ3v) is 4.06. The molecule has 0 aromatic heterocycles. The van der Waals surface area contributed by atoms with Crippen molar-refractivity contribution in [3.63, 3.8) is 0 Å². The van der Waals surface area contributed by atoms with Crippen LogP contribution in [-0.4, -0.2) is 20.2 Å². The number of hydrogen-bond acceptors (Lipinski definition) is 3. The van der Waals surface area contributed by atoms with Gasteiger partial charge < -0.3 is 9.47 Å². The minimum Gasteiger partial charge on any atom is -0.497 e.